The number of morpholine rings is 1. The summed E-state index contributed by atoms with van der Waals surface area (Å²) in [5, 5.41) is 5.89. The quantitative estimate of drug-likeness (QED) is 0.408. The van der Waals surface area contributed by atoms with E-state index in [-0.39, 0.29) is 28.8 Å². The van der Waals surface area contributed by atoms with Gasteiger partial charge in [0, 0.05) is 50.7 Å². The topological polar surface area (TPSA) is 130 Å². The van der Waals surface area contributed by atoms with E-state index in [4.69, 9.17) is 20.4 Å². The van der Waals surface area contributed by atoms with E-state index in [2.05, 4.69) is 44.3 Å². The SMILES string of the molecule is CC(=Nc1c(NCC(F)(F)F)nc(-c2cnc(N)nc2)nc1N1CCOCC1)N1CCNC(C)(C)C1. The van der Waals surface area contributed by atoms with E-state index in [1.165, 1.54) is 12.4 Å². The summed E-state index contributed by atoms with van der Waals surface area (Å²) in [5.74, 6) is 1.30. The maximum Gasteiger partial charge on any atom is 0.405 e. The van der Waals surface area contributed by atoms with Crippen LogP contribution in [0.4, 0.5) is 36.4 Å². The molecule has 2 aromatic rings. The van der Waals surface area contributed by atoms with Crippen molar-refractivity contribution in [2.45, 2.75) is 32.5 Å². The van der Waals surface area contributed by atoms with Gasteiger partial charge in [-0.2, -0.15) is 13.2 Å². The predicted molar refractivity (Wildman–Crippen MR) is 131 cm³/mol. The van der Waals surface area contributed by atoms with Crippen LogP contribution in [0.1, 0.15) is 20.8 Å². The molecule has 36 heavy (non-hydrogen) atoms. The number of rotatable bonds is 5. The molecule has 14 heteroatoms. The molecular weight excluding hydrogens is 477 g/mol. The van der Waals surface area contributed by atoms with Crippen LogP contribution in [0.3, 0.4) is 0 Å². The van der Waals surface area contributed by atoms with Crippen LogP contribution in [-0.2, 0) is 4.74 Å². The number of anilines is 3. The molecule has 0 aromatic carbocycles. The summed E-state index contributed by atoms with van der Waals surface area (Å²) < 4.78 is 45.1. The van der Waals surface area contributed by atoms with Crippen molar-refractivity contribution < 1.29 is 17.9 Å². The molecule has 4 rings (SSSR count). The van der Waals surface area contributed by atoms with Gasteiger partial charge in [-0.15, -0.1) is 0 Å². The Hall–Kier alpha value is -3.26. The van der Waals surface area contributed by atoms with Crippen LogP contribution in [0.15, 0.2) is 17.4 Å². The lowest BCUT2D eigenvalue weighted by molar-refractivity contribution is -0.115. The Kier molecular flexibility index (Phi) is 7.45. The van der Waals surface area contributed by atoms with E-state index in [1.54, 1.807) is 0 Å². The highest BCUT2D eigenvalue weighted by Crippen LogP contribution is 2.37. The van der Waals surface area contributed by atoms with E-state index in [1.807, 2.05) is 11.8 Å². The lowest BCUT2D eigenvalue weighted by atomic mass is 10.0. The van der Waals surface area contributed by atoms with Crippen molar-refractivity contribution in [1.29, 1.82) is 0 Å². The second-order valence-corrected chi connectivity index (χ2v) is 9.36. The maximum absolute atomic E-state index is 13.2. The largest absolute Gasteiger partial charge is 0.405 e. The average Bonchev–Trinajstić information content (AvgIpc) is 2.83. The molecule has 2 fully saturated rings. The Morgan fingerprint density at radius 2 is 1.89 bits per heavy atom. The summed E-state index contributed by atoms with van der Waals surface area (Å²) in [5.41, 5.74) is 6.13. The zero-order valence-electron chi connectivity index (χ0n) is 20.6. The molecule has 0 amide bonds. The van der Waals surface area contributed by atoms with Crippen molar-refractivity contribution in [1.82, 2.24) is 30.2 Å². The van der Waals surface area contributed by atoms with Gasteiger partial charge in [0.15, 0.2) is 17.5 Å². The van der Waals surface area contributed by atoms with Crippen LogP contribution >= 0.6 is 0 Å². The molecule has 2 aliphatic heterocycles. The van der Waals surface area contributed by atoms with Crippen molar-refractivity contribution in [2.75, 3.05) is 68.4 Å². The number of hydrogen-bond acceptors (Lipinski definition) is 10. The minimum atomic E-state index is -4.45. The third-order valence-corrected chi connectivity index (χ3v) is 5.87. The maximum atomic E-state index is 13.2. The number of alkyl halides is 3. The second-order valence-electron chi connectivity index (χ2n) is 9.36. The highest BCUT2D eigenvalue weighted by Gasteiger charge is 2.30. The third kappa shape index (κ3) is 6.49. The summed E-state index contributed by atoms with van der Waals surface area (Å²) in [6.45, 7) is 8.89. The number of nitrogens with two attached hydrogens (primary N) is 1. The number of nitrogen functional groups attached to an aromatic ring is 1. The minimum Gasteiger partial charge on any atom is -0.378 e. The summed E-state index contributed by atoms with van der Waals surface area (Å²) in [6, 6.07) is 0. The van der Waals surface area contributed by atoms with E-state index in [0.717, 1.165) is 13.1 Å². The van der Waals surface area contributed by atoms with Crippen LogP contribution in [0.25, 0.3) is 11.4 Å². The number of hydrogen-bond donors (Lipinski definition) is 3. The van der Waals surface area contributed by atoms with Crippen LogP contribution in [-0.4, -0.2) is 94.9 Å². The van der Waals surface area contributed by atoms with Crippen molar-refractivity contribution in [3.8, 4) is 11.4 Å². The molecule has 0 radical (unpaired) electrons. The molecule has 0 bridgehead atoms. The first-order valence-corrected chi connectivity index (χ1v) is 11.7. The number of halogens is 3. The molecule has 2 aromatic heterocycles. The number of nitrogens with zero attached hydrogens (tertiary/aromatic N) is 7. The number of amidine groups is 1. The van der Waals surface area contributed by atoms with Gasteiger partial charge in [-0.05, 0) is 20.8 Å². The zero-order valence-corrected chi connectivity index (χ0v) is 20.6. The van der Waals surface area contributed by atoms with Gasteiger partial charge in [0.1, 0.15) is 18.1 Å². The molecule has 0 unspecified atom stereocenters. The number of ether oxygens (including phenoxy) is 1. The Balaban J connectivity index is 1.83. The van der Waals surface area contributed by atoms with Gasteiger partial charge in [-0.3, -0.25) is 0 Å². The minimum absolute atomic E-state index is 0.0237. The molecule has 4 N–H and O–H groups in total. The highest BCUT2D eigenvalue weighted by molar-refractivity contribution is 5.88. The van der Waals surface area contributed by atoms with Crippen molar-refractivity contribution >= 4 is 29.1 Å². The van der Waals surface area contributed by atoms with Crippen molar-refractivity contribution in [2.24, 2.45) is 4.99 Å². The van der Waals surface area contributed by atoms with E-state index >= 15 is 0 Å². The molecule has 2 saturated heterocycles. The van der Waals surface area contributed by atoms with Gasteiger partial charge in [0.25, 0.3) is 0 Å². The van der Waals surface area contributed by atoms with Gasteiger partial charge in [-0.1, -0.05) is 0 Å². The van der Waals surface area contributed by atoms with Crippen LogP contribution in [0.5, 0.6) is 0 Å². The predicted octanol–water partition coefficient (Wildman–Crippen LogP) is 2.06. The average molecular weight is 509 g/mol. The first-order chi connectivity index (χ1) is 17.0. The molecule has 4 heterocycles. The van der Waals surface area contributed by atoms with Crippen molar-refractivity contribution in [3.05, 3.63) is 12.4 Å². The van der Waals surface area contributed by atoms with E-state index in [0.29, 0.717) is 50.1 Å². The fourth-order valence-corrected chi connectivity index (χ4v) is 4.08. The lowest BCUT2D eigenvalue weighted by Gasteiger charge is -2.40. The summed E-state index contributed by atoms with van der Waals surface area (Å²) in [6.07, 6.45) is -1.58. The molecule has 11 nitrogen and oxygen atoms in total. The number of aliphatic imine (C=N–C) groups is 1. The third-order valence-electron chi connectivity index (χ3n) is 5.87. The van der Waals surface area contributed by atoms with Gasteiger partial charge >= 0.3 is 6.18 Å². The molecule has 0 saturated carbocycles. The number of piperazine rings is 1. The van der Waals surface area contributed by atoms with Gasteiger partial charge < -0.3 is 30.9 Å². The zero-order chi connectivity index (χ0) is 25.9. The fourth-order valence-electron chi connectivity index (χ4n) is 4.08. The number of nitrogens with one attached hydrogen (secondary N) is 2. The summed E-state index contributed by atoms with van der Waals surface area (Å²) in [7, 11) is 0. The van der Waals surface area contributed by atoms with Crippen LogP contribution in [0.2, 0.25) is 0 Å². The van der Waals surface area contributed by atoms with E-state index in [9.17, 15) is 13.2 Å². The molecule has 2 aliphatic rings. The standard InChI is InChI=1S/C22H31F3N10O/c1-14(35-5-4-30-21(2,3)13-35)31-16-18(29-12-22(23,24)25)32-17(15-10-27-20(26)28-11-15)33-19(16)34-6-8-36-9-7-34/h10-11,30H,4-9,12-13H2,1-3H3,(H2,26,27,28)(H,29,32,33). The normalized spacial score (nSPS) is 18.9. The van der Waals surface area contributed by atoms with Crippen molar-refractivity contribution in [3.63, 3.8) is 0 Å². The Labute approximate surface area is 207 Å². The monoisotopic (exact) mass is 508 g/mol. The van der Waals surface area contributed by atoms with Crippen LogP contribution in [0, 0.1) is 0 Å². The van der Waals surface area contributed by atoms with Crippen LogP contribution < -0.4 is 21.3 Å². The first-order valence-electron chi connectivity index (χ1n) is 11.7. The molecular formula is C22H31F3N10O. The Bertz CT molecular complexity index is 1080. The molecule has 0 atom stereocenters. The highest BCUT2D eigenvalue weighted by atomic mass is 19.4. The fraction of sp³-hybridized carbons (Fsp3) is 0.591. The van der Waals surface area contributed by atoms with Gasteiger partial charge in [0.2, 0.25) is 5.95 Å². The second kappa shape index (κ2) is 10.4. The first kappa shape index (κ1) is 25.8. The van der Waals surface area contributed by atoms with E-state index < -0.39 is 12.7 Å². The summed E-state index contributed by atoms with van der Waals surface area (Å²) in [4.78, 5) is 25.9. The smallest absolute Gasteiger partial charge is 0.378 e. The van der Waals surface area contributed by atoms with Gasteiger partial charge in [0.05, 0.1) is 18.8 Å². The molecule has 0 spiro atoms. The molecule has 0 aliphatic carbocycles. The number of aromatic nitrogens is 4. The Morgan fingerprint density at radius 1 is 1.19 bits per heavy atom. The molecule has 196 valence electrons. The Morgan fingerprint density at radius 3 is 2.53 bits per heavy atom. The lowest BCUT2D eigenvalue weighted by Crippen LogP contribution is -2.58. The summed E-state index contributed by atoms with van der Waals surface area (Å²) >= 11 is 0. The van der Waals surface area contributed by atoms with Gasteiger partial charge in [-0.25, -0.2) is 24.9 Å².